The first-order valence-corrected chi connectivity index (χ1v) is 6.78. The van der Waals surface area contributed by atoms with Crippen LogP contribution in [-0.4, -0.2) is 53.1 Å². The Morgan fingerprint density at radius 2 is 2.09 bits per heavy atom. The summed E-state index contributed by atoms with van der Waals surface area (Å²) in [7, 11) is 1.56. The van der Waals surface area contributed by atoms with Crippen molar-refractivity contribution in [2.45, 2.75) is 18.9 Å². The van der Waals surface area contributed by atoms with Crippen LogP contribution in [0.3, 0.4) is 0 Å². The molecule has 1 atom stereocenters. The molecule has 1 aromatic rings. The molecule has 1 fully saturated rings. The molecule has 1 aliphatic heterocycles. The molecule has 0 unspecified atom stereocenters. The molecule has 1 amide bonds. The lowest BCUT2D eigenvalue weighted by atomic mass is 10.1. The van der Waals surface area contributed by atoms with Crippen LogP contribution in [0.1, 0.15) is 33.6 Å². The molecule has 0 aromatic heterocycles. The average Bonchev–Trinajstić information content (AvgIpc) is 2.98. The predicted molar refractivity (Wildman–Crippen MR) is 76.0 cm³/mol. The van der Waals surface area contributed by atoms with Gasteiger partial charge in [-0.15, -0.1) is 0 Å². The monoisotopic (exact) mass is 308 g/mol. The maximum absolute atomic E-state index is 12.3. The molecule has 1 heterocycles. The van der Waals surface area contributed by atoms with E-state index in [9.17, 15) is 19.7 Å². The second-order valence-electron chi connectivity index (χ2n) is 5.15. The lowest BCUT2D eigenvalue weighted by Gasteiger charge is -2.21. The Bertz CT molecular complexity index is 577. The van der Waals surface area contributed by atoms with Crippen LogP contribution in [0.15, 0.2) is 18.2 Å². The van der Waals surface area contributed by atoms with E-state index in [0.717, 1.165) is 31.0 Å². The van der Waals surface area contributed by atoms with Gasteiger partial charge in [0, 0.05) is 37.9 Å². The summed E-state index contributed by atoms with van der Waals surface area (Å²) in [5.41, 5.74) is -0.732. The molecule has 22 heavy (non-hydrogen) atoms. The number of hydrogen-bond donors (Lipinski definition) is 1. The number of likely N-dealkylation sites (N-methyl/N-ethyl adjacent to an activating group) is 1. The number of nitro groups is 1. The molecule has 8 heteroatoms. The van der Waals surface area contributed by atoms with Crippen molar-refractivity contribution in [3.8, 4) is 0 Å². The van der Waals surface area contributed by atoms with E-state index in [2.05, 4.69) is 0 Å². The lowest BCUT2D eigenvalue weighted by molar-refractivity contribution is -0.384. The Morgan fingerprint density at radius 1 is 1.41 bits per heavy atom. The fraction of sp³-hybridized carbons (Fsp3) is 0.429. The van der Waals surface area contributed by atoms with Gasteiger partial charge in [0.05, 0.1) is 16.6 Å². The molecule has 1 saturated heterocycles. The summed E-state index contributed by atoms with van der Waals surface area (Å²) in [4.78, 5) is 34.9. The number of carbonyl (C=O) groups excluding carboxylic acids is 1. The zero-order chi connectivity index (χ0) is 16.3. The van der Waals surface area contributed by atoms with Gasteiger partial charge >= 0.3 is 5.97 Å². The molecule has 1 N–H and O–H groups in total. The number of carboxylic acids is 1. The number of nitrogens with zero attached hydrogens (tertiary/aromatic N) is 2. The predicted octanol–water partition coefficient (Wildman–Crippen LogP) is 1.54. The standard InChI is InChI=1S/C14H16N2O6/c1-15(8-12-3-2-4-22-12)13(17)9-5-10(14(18)19)7-11(6-9)16(20)21/h5-7,12H,2-4,8H2,1H3,(H,18,19)/t12-/m0/s1. The number of aromatic carboxylic acids is 1. The molecule has 1 aliphatic rings. The highest BCUT2D eigenvalue weighted by atomic mass is 16.6. The first-order chi connectivity index (χ1) is 10.4. The van der Waals surface area contributed by atoms with Crippen molar-refractivity contribution < 1.29 is 24.4 Å². The van der Waals surface area contributed by atoms with E-state index >= 15 is 0 Å². The van der Waals surface area contributed by atoms with Crippen LogP contribution in [0, 0.1) is 10.1 Å². The quantitative estimate of drug-likeness (QED) is 0.652. The van der Waals surface area contributed by atoms with Crippen LogP contribution < -0.4 is 0 Å². The topological polar surface area (TPSA) is 110 Å². The van der Waals surface area contributed by atoms with Crippen molar-refractivity contribution in [2.24, 2.45) is 0 Å². The van der Waals surface area contributed by atoms with Gasteiger partial charge in [0.15, 0.2) is 0 Å². The summed E-state index contributed by atoms with van der Waals surface area (Å²) in [5, 5.41) is 19.9. The Kier molecular flexibility index (Phi) is 4.71. The van der Waals surface area contributed by atoms with Crippen LogP contribution in [0.4, 0.5) is 5.69 Å². The van der Waals surface area contributed by atoms with Gasteiger partial charge in [-0.3, -0.25) is 14.9 Å². The average molecular weight is 308 g/mol. The summed E-state index contributed by atoms with van der Waals surface area (Å²) in [6, 6.07) is 3.16. The maximum Gasteiger partial charge on any atom is 0.335 e. The zero-order valence-electron chi connectivity index (χ0n) is 12.0. The van der Waals surface area contributed by atoms with Crippen LogP contribution in [0.25, 0.3) is 0 Å². The molecule has 2 rings (SSSR count). The van der Waals surface area contributed by atoms with E-state index in [1.165, 1.54) is 4.90 Å². The van der Waals surface area contributed by atoms with Crippen molar-refractivity contribution >= 4 is 17.6 Å². The minimum atomic E-state index is -1.32. The molecular formula is C14H16N2O6. The largest absolute Gasteiger partial charge is 0.478 e. The summed E-state index contributed by atoms with van der Waals surface area (Å²) in [5.74, 6) is -1.79. The Morgan fingerprint density at radius 3 is 2.64 bits per heavy atom. The van der Waals surface area contributed by atoms with Gasteiger partial charge in [0.1, 0.15) is 0 Å². The Balaban J connectivity index is 2.23. The molecule has 0 aliphatic carbocycles. The van der Waals surface area contributed by atoms with Gasteiger partial charge in [0.2, 0.25) is 0 Å². The van der Waals surface area contributed by atoms with Gasteiger partial charge in [-0.2, -0.15) is 0 Å². The minimum Gasteiger partial charge on any atom is -0.478 e. The summed E-state index contributed by atoms with van der Waals surface area (Å²) >= 11 is 0. The van der Waals surface area contributed by atoms with Gasteiger partial charge in [-0.05, 0) is 18.9 Å². The molecule has 0 saturated carbocycles. The first-order valence-electron chi connectivity index (χ1n) is 6.78. The van der Waals surface area contributed by atoms with E-state index < -0.39 is 22.5 Å². The summed E-state index contributed by atoms with van der Waals surface area (Å²) in [6.45, 7) is 1.02. The molecule has 0 radical (unpaired) electrons. The zero-order valence-corrected chi connectivity index (χ0v) is 12.0. The first kappa shape index (κ1) is 15.9. The van der Waals surface area contributed by atoms with Crippen molar-refractivity contribution in [2.75, 3.05) is 20.2 Å². The van der Waals surface area contributed by atoms with Crippen LogP contribution in [-0.2, 0) is 4.74 Å². The van der Waals surface area contributed by atoms with Crippen molar-refractivity contribution in [3.05, 3.63) is 39.4 Å². The molecule has 1 aromatic carbocycles. The van der Waals surface area contributed by atoms with Gasteiger partial charge < -0.3 is 14.7 Å². The van der Waals surface area contributed by atoms with Crippen LogP contribution in [0.5, 0.6) is 0 Å². The van der Waals surface area contributed by atoms with Crippen molar-refractivity contribution in [3.63, 3.8) is 0 Å². The van der Waals surface area contributed by atoms with E-state index in [-0.39, 0.29) is 17.2 Å². The highest BCUT2D eigenvalue weighted by molar-refractivity contribution is 5.98. The second-order valence-corrected chi connectivity index (χ2v) is 5.15. The van der Waals surface area contributed by atoms with Crippen molar-refractivity contribution in [1.82, 2.24) is 4.90 Å². The highest BCUT2D eigenvalue weighted by Gasteiger charge is 2.23. The number of ether oxygens (including phenoxy) is 1. The number of rotatable bonds is 5. The second kappa shape index (κ2) is 6.52. The number of carboxylic acid groups (broad SMARTS) is 1. The van der Waals surface area contributed by atoms with Crippen molar-refractivity contribution in [1.29, 1.82) is 0 Å². The number of non-ortho nitro benzene ring substituents is 1. The third kappa shape index (κ3) is 3.59. The van der Waals surface area contributed by atoms with E-state index in [4.69, 9.17) is 9.84 Å². The van der Waals surface area contributed by atoms with Gasteiger partial charge in [-0.1, -0.05) is 0 Å². The minimum absolute atomic E-state index is 0.0212. The van der Waals surface area contributed by atoms with Crippen LogP contribution in [0.2, 0.25) is 0 Å². The maximum atomic E-state index is 12.3. The smallest absolute Gasteiger partial charge is 0.335 e. The highest BCUT2D eigenvalue weighted by Crippen LogP contribution is 2.20. The third-order valence-corrected chi connectivity index (χ3v) is 3.47. The number of hydrogen-bond acceptors (Lipinski definition) is 5. The molecule has 8 nitrogen and oxygen atoms in total. The fourth-order valence-electron chi connectivity index (χ4n) is 2.36. The molecule has 0 spiro atoms. The number of amides is 1. The summed E-state index contributed by atoms with van der Waals surface area (Å²) in [6.07, 6.45) is 1.74. The van der Waals surface area contributed by atoms with E-state index in [1.807, 2.05) is 0 Å². The Labute approximate surface area is 126 Å². The number of nitro benzene ring substituents is 1. The van der Waals surface area contributed by atoms with Crippen LogP contribution >= 0.6 is 0 Å². The fourth-order valence-corrected chi connectivity index (χ4v) is 2.36. The molecular weight excluding hydrogens is 292 g/mol. The SMILES string of the molecule is CN(C[C@@H]1CCCO1)C(=O)c1cc(C(=O)O)cc([N+](=O)[O-])c1. The number of carbonyl (C=O) groups is 2. The number of benzene rings is 1. The van der Waals surface area contributed by atoms with E-state index in [0.29, 0.717) is 13.2 Å². The normalized spacial score (nSPS) is 17.2. The Hall–Kier alpha value is -2.48. The summed E-state index contributed by atoms with van der Waals surface area (Å²) < 4.78 is 5.44. The molecule has 0 bridgehead atoms. The lowest BCUT2D eigenvalue weighted by Crippen LogP contribution is -2.34. The van der Waals surface area contributed by atoms with Gasteiger partial charge in [-0.25, -0.2) is 4.79 Å². The third-order valence-electron chi connectivity index (χ3n) is 3.47. The molecule has 118 valence electrons. The van der Waals surface area contributed by atoms with Gasteiger partial charge in [0.25, 0.3) is 11.6 Å². The van der Waals surface area contributed by atoms with E-state index in [1.54, 1.807) is 7.05 Å².